The number of ether oxygens (including phenoxy) is 1. The minimum atomic E-state index is -0.124. The van der Waals surface area contributed by atoms with E-state index in [1.54, 1.807) is 23.7 Å². The van der Waals surface area contributed by atoms with Crippen molar-refractivity contribution in [2.45, 2.75) is 32.4 Å². The molecule has 0 radical (unpaired) electrons. The van der Waals surface area contributed by atoms with Gasteiger partial charge in [0.25, 0.3) is 0 Å². The molecule has 2 unspecified atom stereocenters. The quantitative estimate of drug-likeness (QED) is 0.892. The van der Waals surface area contributed by atoms with Crippen LogP contribution in [-0.4, -0.2) is 11.0 Å². The fourth-order valence-corrected chi connectivity index (χ4v) is 3.20. The monoisotopic (exact) mass is 340 g/mol. The van der Waals surface area contributed by atoms with Crippen LogP contribution in [-0.2, 0) is 0 Å². The van der Waals surface area contributed by atoms with Gasteiger partial charge in [-0.1, -0.05) is 6.92 Å². The van der Waals surface area contributed by atoms with E-state index in [2.05, 4.69) is 46.2 Å². The summed E-state index contributed by atoms with van der Waals surface area (Å²) in [4.78, 5) is 5.31. The van der Waals surface area contributed by atoms with Crippen molar-refractivity contribution in [3.05, 3.63) is 44.8 Å². The van der Waals surface area contributed by atoms with E-state index < -0.39 is 0 Å². The molecule has 0 bridgehead atoms. The van der Waals surface area contributed by atoms with Gasteiger partial charge in [-0.25, -0.2) is 0 Å². The fraction of sp³-hybridized carbons (Fsp3) is 0.357. The lowest BCUT2D eigenvalue weighted by atomic mass is 10.1. The number of nitrogens with two attached hydrogens (primary N) is 1. The summed E-state index contributed by atoms with van der Waals surface area (Å²) in [5, 5.41) is 2.07. The summed E-state index contributed by atoms with van der Waals surface area (Å²) < 4.78 is 6.97. The number of aryl methyl sites for hydroxylation is 1. The Kier molecular flexibility index (Phi) is 4.96. The zero-order valence-electron chi connectivity index (χ0n) is 11.0. The molecule has 0 spiro atoms. The second-order valence-corrected chi connectivity index (χ2v) is 6.28. The maximum absolute atomic E-state index is 6.21. The summed E-state index contributed by atoms with van der Waals surface area (Å²) in [6.07, 6.45) is 4.19. The number of rotatable bonds is 5. The molecule has 0 aromatic carbocycles. The maximum Gasteiger partial charge on any atom is 0.148 e. The van der Waals surface area contributed by atoms with E-state index in [1.165, 1.54) is 10.4 Å². The molecule has 0 saturated heterocycles. The van der Waals surface area contributed by atoms with E-state index in [0.29, 0.717) is 0 Å². The van der Waals surface area contributed by atoms with Gasteiger partial charge in [-0.3, -0.25) is 4.98 Å². The first kappa shape index (κ1) is 14.5. The molecular weight excluding hydrogens is 324 g/mol. The van der Waals surface area contributed by atoms with Crippen molar-refractivity contribution in [2.24, 2.45) is 5.73 Å². The summed E-state index contributed by atoms with van der Waals surface area (Å²) in [6, 6.07) is 3.97. The number of hydrogen-bond acceptors (Lipinski definition) is 4. The highest BCUT2D eigenvalue weighted by Gasteiger charge is 2.23. The minimum absolute atomic E-state index is 0.0312. The molecule has 2 rings (SSSR count). The first-order valence-electron chi connectivity index (χ1n) is 6.18. The lowest BCUT2D eigenvalue weighted by molar-refractivity contribution is 0.173. The molecule has 2 aromatic heterocycles. The highest BCUT2D eigenvalue weighted by molar-refractivity contribution is 9.10. The predicted octanol–water partition coefficient (Wildman–Crippen LogP) is 4.07. The molecule has 0 saturated carbocycles. The standard InChI is InChI=1S/C14H17BrN2OS/c1-3-12(16)13(14-9(2)4-5-19-14)18-11-6-10(15)7-17-8-11/h4-8,12-13H,3,16H2,1-2H3. The van der Waals surface area contributed by atoms with Crippen molar-refractivity contribution in [3.63, 3.8) is 0 Å². The van der Waals surface area contributed by atoms with Gasteiger partial charge in [-0.15, -0.1) is 11.3 Å². The molecule has 19 heavy (non-hydrogen) atoms. The van der Waals surface area contributed by atoms with Gasteiger partial charge in [0, 0.05) is 21.6 Å². The lowest BCUT2D eigenvalue weighted by Gasteiger charge is -2.24. The van der Waals surface area contributed by atoms with Crippen molar-refractivity contribution in [1.29, 1.82) is 0 Å². The summed E-state index contributed by atoms with van der Waals surface area (Å²) in [6.45, 7) is 4.16. The normalized spacial score (nSPS) is 14.1. The Hall–Kier alpha value is -0.910. The molecule has 2 heterocycles. The van der Waals surface area contributed by atoms with Crippen LogP contribution in [0.4, 0.5) is 0 Å². The fourth-order valence-electron chi connectivity index (χ4n) is 1.83. The largest absolute Gasteiger partial charge is 0.482 e. The molecule has 102 valence electrons. The molecule has 2 atom stereocenters. The second kappa shape index (κ2) is 6.50. The Balaban J connectivity index is 2.27. The van der Waals surface area contributed by atoms with E-state index in [1.807, 2.05) is 6.07 Å². The number of halogens is 1. The SMILES string of the molecule is CCC(N)C(Oc1cncc(Br)c1)c1sccc1C. The molecule has 5 heteroatoms. The van der Waals surface area contributed by atoms with E-state index >= 15 is 0 Å². The summed E-state index contributed by atoms with van der Waals surface area (Å²) >= 11 is 5.09. The third-order valence-corrected chi connectivity index (χ3v) is 4.48. The predicted molar refractivity (Wildman–Crippen MR) is 82.6 cm³/mol. The first-order chi connectivity index (χ1) is 9.11. The number of thiophene rings is 1. The zero-order valence-corrected chi connectivity index (χ0v) is 13.4. The van der Waals surface area contributed by atoms with Crippen molar-refractivity contribution < 1.29 is 4.74 Å². The van der Waals surface area contributed by atoms with Crippen LogP contribution in [0.5, 0.6) is 5.75 Å². The second-order valence-electron chi connectivity index (χ2n) is 4.42. The van der Waals surface area contributed by atoms with Crippen LogP contribution in [0.25, 0.3) is 0 Å². The number of hydrogen-bond donors (Lipinski definition) is 1. The van der Waals surface area contributed by atoms with Crippen LogP contribution in [0.15, 0.2) is 34.4 Å². The third kappa shape index (κ3) is 3.55. The van der Waals surface area contributed by atoms with E-state index in [0.717, 1.165) is 16.6 Å². The van der Waals surface area contributed by atoms with Crippen molar-refractivity contribution in [3.8, 4) is 5.75 Å². The van der Waals surface area contributed by atoms with Crippen LogP contribution in [0.1, 0.15) is 29.9 Å². The molecule has 2 aromatic rings. The lowest BCUT2D eigenvalue weighted by Crippen LogP contribution is -2.31. The zero-order chi connectivity index (χ0) is 13.8. The molecule has 0 fully saturated rings. The van der Waals surface area contributed by atoms with Gasteiger partial charge in [-0.05, 0) is 52.4 Å². The Morgan fingerprint density at radius 1 is 1.47 bits per heavy atom. The van der Waals surface area contributed by atoms with E-state index in [9.17, 15) is 0 Å². The Morgan fingerprint density at radius 3 is 2.84 bits per heavy atom. The molecule has 0 aliphatic heterocycles. The molecule has 2 N–H and O–H groups in total. The van der Waals surface area contributed by atoms with Gasteiger partial charge in [0.2, 0.25) is 0 Å². The molecule has 0 aliphatic carbocycles. The molecule has 0 amide bonds. The van der Waals surface area contributed by atoms with Crippen LogP contribution in [0, 0.1) is 6.92 Å². The highest BCUT2D eigenvalue weighted by Crippen LogP contribution is 2.31. The van der Waals surface area contributed by atoms with Gasteiger partial charge in [0.15, 0.2) is 0 Å². The van der Waals surface area contributed by atoms with Gasteiger partial charge in [0.05, 0.1) is 6.20 Å². The average molecular weight is 341 g/mol. The van der Waals surface area contributed by atoms with E-state index in [4.69, 9.17) is 10.5 Å². The Labute approximate surface area is 125 Å². The molecular formula is C14H17BrN2OS. The van der Waals surface area contributed by atoms with Crippen LogP contribution >= 0.6 is 27.3 Å². The van der Waals surface area contributed by atoms with Crippen LogP contribution in [0.2, 0.25) is 0 Å². The molecule has 3 nitrogen and oxygen atoms in total. The van der Waals surface area contributed by atoms with Gasteiger partial charge < -0.3 is 10.5 Å². The Bertz CT molecular complexity index is 544. The van der Waals surface area contributed by atoms with Gasteiger partial charge in [-0.2, -0.15) is 0 Å². The number of pyridine rings is 1. The van der Waals surface area contributed by atoms with Crippen molar-refractivity contribution in [2.75, 3.05) is 0 Å². The van der Waals surface area contributed by atoms with Crippen LogP contribution < -0.4 is 10.5 Å². The first-order valence-corrected chi connectivity index (χ1v) is 7.86. The highest BCUT2D eigenvalue weighted by atomic mass is 79.9. The maximum atomic E-state index is 6.21. The summed E-state index contributed by atoms with van der Waals surface area (Å²) in [7, 11) is 0. The van der Waals surface area contributed by atoms with E-state index in [-0.39, 0.29) is 12.1 Å². The van der Waals surface area contributed by atoms with Gasteiger partial charge >= 0.3 is 0 Å². The van der Waals surface area contributed by atoms with Crippen LogP contribution in [0.3, 0.4) is 0 Å². The van der Waals surface area contributed by atoms with Crippen molar-refractivity contribution >= 4 is 27.3 Å². The van der Waals surface area contributed by atoms with Crippen molar-refractivity contribution in [1.82, 2.24) is 4.98 Å². The number of aromatic nitrogens is 1. The average Bonchev–Trinajstić information content (AvgIpc) is 2.81. The third-order valence-electron chi connectivity index (χ3n) is 2.96. The number of nitrogens with zero attached hydrogens (tertiary/aromatic N) is 1. The smallest absolute Gasteiger partial charge is 0.148 e. The Morgan fingerprint density at radius 2 is 2.26 bits per heavy atom. The topological polar surface area (TPSA) is 48.1 Å². The molecule has 0 aliphatic rings. The summed E-state index contributed by atoms with van der Waals surface area (Å²) in [5.41, 5.74) is 7.44. The minimum Gasteiger partial charge on any atom is -0.482 e. The summed E-state index contributed by atoms with van der Waals surface area (Å²) in [5.74, 6) is 0.732. The van der Waals surface area contributed by atoms with Gasteiger partial charge in [0.1, 0.15) is 11.9 Å².